The van der Waals surface area contributed by atoms with Gasteiger partial charge in [-0.3, -0.25) is 0 Å². The van der Waals surface area contributed by atoms with Crippen molar-refractivity contribution in [3.63, 3.8) is 0 Å². The fourth-order valence-corrected chi connectivity index (χ4v) is 3.46. The smallest absolute Gasteiger partial charge is 0.136 e. The third-order valence-corrected chi connectivity index (χ3v) is 4.61. The fraction of sp³-hybridized carbons (Fsp3) is 0.571. The maximum atomic E-state index is 9.31. The van der Waals surface area contributed by atoms with Gasteiger partial charge in [-0.05, 0) is 45.1 Å². The van der Waals surface area contributed by atoms with Crippen molar-refractivity contribution in [2.75, 3.05) is 13.1 Å². The van der Waals surface area contributed by atoms with Crippen molar-refractivity contribution in [2.24, 2.45) is 4.99 Å². The maximum Gasteiger partial charge on any atom is 0.136 e. The molecule has 0 bridgehead atoms. The van der Waals surface area contributed by atoms with E-state index in [1.807, 2.05) is 6.34 Å². The summed E-state index contributed by atoms with van der Waals surface area (Å²) in [6.07, 6.45) is 6.50. The van der Waals surface area contributed by atoms with Crippen LogP contribution in [-0.2, 0) is 12.8 Å². The topological polar surface area (TPSA) is 39.4 Å². The molecule has 1 aliphatic rings. The molecule has 1 aromatic heterocycles. The number of fused-ring (bicyclic) bond motifs is 1. The molecular weight excluding hydrogens is 242 g/mol. The van der Waals surface area contributed by atoms with Crippen molar-refractivity contribution in [1.29, 1.82) is 5.26 Å². The van der Waals surface area contributed by atoms with E-state index in [1.54, 1.807) is 11.3 Å². The first kappa shape index (κ1) is 13.1. The highest BCUT2D eigenvalue weighted by atomic mass is 32.1. The third kappa shape index (κ3) is 2.56. The molecule has 1 heterocycles. The zero-order valence-corrected chi connectivity index (χ0v) is 11.9. The lowest BCUT2D eigenvalue weighted by molar-refractivity contribution is 0.480. The summed E-state index contributed by atoms with van der Waals surface area (Å²) in [5, 5.41) is 10.2. The average molecular weight is 261 g/mol. The second-order valence-corrected chi connectivity index (χ2v) is 5.55. The van der Waals surface area contributed by atoms with Crippen molar-refractivity contribution in [1.82, 2.24) is 4.90 Å². The van der Waals surface area contributed by atoms with E-state index < -0.39 is 0 Å². The van der Waals surface area contributed by atoms with Crippen molar-refractivity contribution < 1.29 is 0 Å². The molecule has 0 N–H and O–H groups in total. The number of hydrogen-bond donors (Lipinski definition) is 0. The van der Waals surface area contributed by atoms with Crippen molar-refractivity contribution in [3.8, 4) is 6.07 Å². The minimum atomic E-state index is 0.818. The van der Waals surface area contributed by atoms with Crippen LogP contribution in [-0.4, -0.2) is 24.3 Å². The number of nitriles is 1. The van der Waals surface area contributed by atoms with Gasteiger partial charge < -0.3 is 4.90 Å². The minimum Gasteiger partial charge on any atom is -0.363 e. The molecule has 3 nitrogen and oxygen atoms in total. The average Bonchev–Trinajstić information content (AvgIpc) is 2.77. The highest BCUT2D eigenvalue weighted by molar-refractivity contribution is 7.16. The number of aryl methyl sites for hydroxylation is 1. The van der Waals surface area contributed by atoms with E-state index in [9.17, 15) is 5.26 Å². The van der Waals surface area contributed by atoms with Crippen molar-refractivity contribution in [2.45, 2.75) is 39.5 Å². The number of hydrogen-bond acceptors (Lipinski definition) is 3. The zero-order valence-electron chi connectivity index (χ0n) is 11.1. The first-order chi connectivity index (χ1) is 8.80. The van der Waals surface area contributed by atoms with Gasteiger partial charge >= 0.3 is 0 Å². The van der Waals surface area contributed by atoms with E-state index in [2.05, 4.69) is 29.8 Å². The second-order valence-electron chi connectivity index (χ2n) is 4.47. The van der Waals surface area contributed by atoms with Crippen LogP contribution in [0.1, 0.15) is 42.7 Å². The van der Waals surface area contributed by atoms with Gasteiger partial charge in [-0.25, -0.2) is 4.99 Å². The standard InChI is InChI=1S/C14H19N3S/c1-3-17(4-2)10-16-14-12(9-15)11-7-5-6-8-13(11)18-14/h10H,3-8H2,1-2H3/b16-10+. The molecule has 0 spiro atoms. The van der Waals surface area contributed by atoms with Crippen LogP contribution in [0, 0.1) is 11.3 Å². The number of aliphatic imine (C=N–C) groups is 1. The first-order valence-electron chi connectivity index (χ1n) is 6.63. The predicted molar refractivity (Wildman–Crippen MR) is 76.7 cm³/mol. The third-order valence-electron chi connectivity index (χ3n) is 3.42. The normalized spacial score (nSPS) is 14.5. The van der Waals surface area contributed by atoms with Crippen LogP contribution < -0.4 is 0 Å². The molecule has 0 unspecified atom stereocenters. The lowest BCUT2D eigenvalue weighted by atomic mass is 9.96. The van der Waals surface area contributed by atoms with Gasteiger partial charge in [0.05, 0.1) is 11.9 Å². The van der Waals surface area contributed by atoms with Gasteiger partial charge in [0.15, 0.2) is 0 Å². The number of rotatable bonds is 4. The molecule has 0 fully saturated rings. The molecule has 0 aromatic carbocycles. The Bertz CT molecular complexity index is 478. The predicted octanol–water partition coefficient (Wildman–Crippen LogP) is 3.50. The van der Waals surface area contributed by atoms with Gasteiger partial charge in [-0.1, -0.05) is 0 Å². The SMILES string of the molecule is CCN(/C=N/c1sc2c(c1C#N)CCCC2)CC. The molecule has 0 radical (unpaired) electrons. The maximum absolute atomic E-state index is 9.31. The van der Waals surface area contributed by atoms with E-state index in [-0.39, 0.29) is 0 Å². The number of thiophene rings is 1. The lowest BCUT2D eigenvalue weighted by Gasteiger charge is -2.12. The van der Waals surface area contributed by atoms with E-state index in [0.717, 1.165) is 36.5 Å². The van der Waals surface area contributed by atoms with Crippen LogP contribution in [0.2, 0.25) is 0 Å². The van der Waals surface area contributed by atoms with Crippen LogP contribution >= 0.6 is 11.3 Å². The van der Waals surface area contributed by atoms with Crippen LogP contribution in [0.3, 0.4) is 0 Å². The zero-order chi connectivity index (χ0) is 13.0. The monoisotopic (exact) mass is 261 g/mol. The van der Waals surface area contributed by atoms with E-state index in [0.29, 0.717) is 0 Å². The van der Waals surface area contributed by atoms with Crippen LogP contribution in [0.5, 0.6) is 0 Å². The largest absolute Gasteiger partial charge is 0.363 e. The molecule has 1 aliphatic carbocycles. The molecule has 96 valence electrons. The summed E-state index contributed by atoms with van der Waals surface area (Å²) in [5.74, 6) is 0. The van der Waals surface area contributed by atoms with E-state index >= 15 is 0 Å². The van der Waals surface area contributed by atoms with Crippen LogP contribution in [0.4, 0.5) is 5.00 Å². The summed E-state index contributed by atoms with van der Waals surface area (Å²) >= 11 is 1.70. The fourth-order valence-electron chi connectivity index (χ4n) is 2.28. The number of nitrogens with zero attached hydrogens (tertiary/aromatic N) is 3. The van der Waals surface area contributed by atoms with Gasteiger partial charge in [0.2, 0.25) is 0 Å². The minimum absolute atomic E-state index is 0.818. The Kier molecular flexibility index (Phi) is 4.38. The summed E-state index contributed by atoms with van der Waals surface area (Å²) in [5.41, 5.74) is 2.08. The summed E-state index contributed by atoms with van der Waals surface area (Å²) < 4.78 is 0. The molecule has 4 heteroatoms. The van der Waals surface area contributed by atoms with Crippen LogP contribution in [0.25, 0.3) is 0 Å². The van der Waals surface area contributed by atoms with Gasteiger partial charge in [-0.15, -0.1) is 11.3 Å². The summed E-state index contributed by atoms with van der Waals surface area (Å²) in [6.45, 7) is 6.13. The summed E-state index contributed by atoms with van der Waals surface area (Å²) in [7, 11) is 0. The van der Waals surface area contributed by atoms with Gasteiger partial charge in [0, 0.05) is 18.0 Å². The van der Waals surface area contributed by atoms with E-state index in [4.69, 9.17) is 0 Å². The first-order valence-corrected chi connectivity index (χ1v) is 7.44. The van der Waals surface area contributed by atoms with Gasteiger partial charge in [-0.2, -0.15) is 5.26 Å². The molecular formula is C14H19N3S. The van der Waals surface area contributed by atoms with Crippen molar-refractivity contribution >= 4 is 22.7 Å². The molecule has 0 aliphatic heterocycles. The van der Waals surface area contributed by atoms with Crippen molar-refractivity contribution in [3.05, 3.63) is 16.0 Å². The Hall–Kier alpha value is -1.34. The van der Waals surface area contributed by atoms with Gasteiger partial charge in [0.1, 0.15) is 11.1 Å². The molecule has 0 atom stereocenters. The Morgan fingerprint density at radius 3 is 2.72 bits per heavy atom. The Balaban J connectivity index is 2.28. The van der Waals surface area contributed by atoms with Crippen LogP contribution in [0.15, 0.2) is 4.99 Å². The molecule has 1 aromatic rings. The summed E-state index contributed by atoms with van der Waals surface area (Å²) in [6, 6.07) is 2.34. The molecule has 18 heavy (non-hydrogen) atoms. The lowest BCUT2D eigenvalue weighted by Crippen LogP contribution is -2.20. The Morgan fingerprint density at radius 1 is 1.33 bits per heavy atom. The quantitative estimate of drug-likeness (QED) is 0.614. The highest BCUT2D eigenvalue weighted by Crippen LogP contribution is 2.39. The van der Waals surface area contributed by atoms with E-state index in [1.165, 1.54) is 23.3 Å². The Labute approximate surface area is 113 Å². The Morgan fingerprint density at radius 2 is 2.06 bits per heavy atom. The summed E-state index contributed by atoms with van der Waals surface area (Å²) in [4.78, 5) is 8.04. The molecule has 0 saturated carbocycles. The second kappa shape index (κ2) is 6.01. The molecule has 0 saturated heterocycles. The van der Waals surface area contributed by atoms with Gasteiger partial charge in [0.25, 0.3) is 0 Å². The highest BCUT2D eigenvalue weighted by Gasteiger charge is 2.20. The molecule has 0 amide bonds. The molecule has 2 rings (SSSR count).